The van der Waals surface area contributed by atoms with Gasteiger partial charge < -0.3 is 14.8 Å². The predicted molar refractivity (Wildman–Crippen MR) is 116 cm³/mol. The third kappa shape index (κ3) is 3.44. The molecule has 0 saturated heterocycles. The Kier molecular flexibility index (Phi) is 5.52. The Morgan fingerprint density at radius 3 is 2.63 bits per heavy atom. The van der Waals surface area contributed by atoms with E-state index >= 15 is 0 Å². The van der Waals surface area contributed by atoms with Crippen molar-refractivity contribution in [3.05, 3.63) is 24.4 Å². The Labute approximate surface area is 176 Å². The Bertz CT molecular complexity index is 931. The van der Waals surface area contributed by atoms with Gasteiger partial charge in [0.2, 0.25) is 5.95 Å². The van der Waals surface area contributed by atoms with E-state index in [1.54, 1.807) is 43.4 Å². The highest BCUT2D eigenvalue weighted by atomic mass is 16.5. The second-order valence-electron chi connectivity index (χ2n) is 7.43. The number of hydrogen-bond donors (Lipinski definition) is 1. The minimum absolute atomic E-state index is 0.0574. The van der Waals surface area contributed by atoms with Crippen molar-refractivity contribution in [2.45, 2.75) is 38.6 Å². The van der Waals surface area contributed by atoms with Crippen LogP contribution in [-0.4, -0.2) is 54.9 Å². The number of ether oxygens (including phenoxy) is 2. The number of hydrazine groups is 1. The van der Waals surface area contributed by atoms with Crippen LogP contribution in [0.2, 0.25) is 0 Å². The van der Waals surface area contributed by atoms with Crippen molar-refractivity contribution in [2.75, 3.05) is 43.0 Å². The molecule has 4 rings (SSSR count). The van der Waals surface area contributed by atoms with Crippen LogP contribution in [0.4, 0.5) is 27.9 Å². The summed E-state index contributed by atoms with van der Waals surface area (Å²) in [7, 11) is 4.98. The van der Waals surface area contributed by atoms with Crippen LogP contribution in [0, 0.1) is 0 Å². The number of urea groups is 1. The summed E-state index contributed by atoms with van der Waals surface area (Å²) in [5.74, 6) is 2.52. The minimum atomic E-state index is -0.0574. The first kappa shape index (κ1) is 20.1. The molecule has 0 radical (unpaired) electrons. The number of aromatic nitrogens is 2. The van der Waals surface area contributed by atoms with E-state index in [0.717, 1.165) is 37.2 Å². The van der Waals surface area contributed by atoms with Gasteiger partial charge in [0.15, 0.2) is 5.82 Å². The van der Waals surface area contributed by atoms with Gasteiger partial charge in [-0.2, -0.15) is 4.98 Å². The first-order chi connectivity index (χ1) is 14.6. The SMILES string of the molecule is CCN1C(=O)N(C)c2cnc(Nc3ccc(OC)cc3OC)nc2N1C1CCCC1. The zero-order valence-corrected chi connectivity index (χ0v) is 17.9. The van der Waals surface area contributed by atoms with E-state index in [1.807, 2.05) is 19.1 Å². The maximum absolute atomic E-state index is 12.9. The Hall–Kier alpha value is -3.23. The van der Waals surface area contributed by atoms with Gasteiger partial charge in [-0.1, -0.05) is 12.8 Å². The summed E-state index contributed by atoms with van der Waals surface area (Å²) in [4.78, 5) is 23.8. The van der Waals surface area contributed by atoms with Crippen LogP contribution in [-0.2, 0) is 0 Å². The molecule has 2 heterocycles. The molecule has 1 aliphatic carbocycles. The maximum Gasteiger partial charge on any atom is 0.343 e. The first-order valence-corrected chi connectivity index (χ1v) is 10.3. The molecule has 9 nitrogen and oxygen atoms in total. The number of rotatable bonds is 6. The lowest BCUT2D eigenvalue weighted by Crippen LogP contribution is -2.59. The number of nitrogens with one attached hydrogen (secondary N) is 1. The summed E-state index contributed by atoms with van der Waals surface area (Å²) in [6.07, 6.45) is 6.13. The summed E-state index contributed by atoms with van der Waals surface area (Å²) >= 11 is 0. The average molecular weight is 412 g/mol. The van der Waals surface area contributed by atoms with E-state index < -0.39 is 0 Å². The number of amides is 2. The van der Waals surface area contributed by atoms with Gasteiger partial charge in [0.25, 0.3) is 0 Å². The smallest absolute Gasteiger partial charge is 0.343 e. The van der Waals surface area contributed by atoms with Crippen molar-refractivity contribution in [1.82, 2.24) is 15.0 Å². The molecule has 9 heteroatoms. The van der Waals surface area contributed by atoms with E-state index in [9.17, 15) is 4.79 Å². The highest BCUT2D eigenvalue weighted by molar-refractivity contribution is 5.98. The number of fused-ring (bicyclic) bond motifs is 1. The van der Waals surface area contributed by atoms with Gasteiger partial charge in [-0.15, -0.1) is 0 Å². The van der Waals surface area contributed by atoms with Gasteiger partial charge in [0.1, 0.15) is 17.2 Å². The number of benzene rings is 1. The van der Waals surface area contributed by atoms with E-state index in [0.29, 0.717) is 29.7 Å². The van der Waals surface area contributed by atoms with Crippen LogP contribution >= 0.6 is 0 Å². The molecule has 30 heavy (non-hydrogen) atoms. The normalized spacial score (nSPS) is 16.7. The van der Waals surface area contributed by atoms with Gasteiger partial charge in [-0.25, -0.2) is 14.8 Å². The molecule has 1 saturated carbocycles. The molecule has 1 aliphatic heterocycles. The van der Waals surface area contributed by atoms with E-state index in [4.69, 9.17) is 14.5 Å². The standard InChI is InChI=1S/C21H28N6O3/c1-5-26-21(28)25(2)17-13-22-20(24-19(17)27(26)14-8-6-7-9-14)23-16-11-10-15(29-3)12-18(16)30-4/h10-14H,5-9H2,1-4H3,(H,22,23,24). The van der Waals surface area contributed by atoms with Crippen molar-refractivity contribution in [2.24, 2.45) is 0 Å². The summed E-state index contributed by atoms with van der Waals surface area (Å²) in [5, 5.41) is 7.10. The third-order valence-corrected chi connectivity index (χ3v) is 5.72. The van der Waals surface area contributed by atoms with Gasteiger partial charge in [-0.3, -0.25) is 9.91 Å². The van der Waals surface area contributed by atoms with Crippen LogP contribution in [0.15, 0.2) is 24.4 Å². The Morgan fingerprint density at radius 2 is 1.97 bits per heavy atom. The fourth-order valence-electron chi connectivity index (χ4n) is 4.14. The van der Waals surface area contributed by atoms with Crippen molar-refractivity contribution < 1.29 is 14.3 Å². The number of nitrogens with zero attached hydrogens (tertiary/aromatic N) is 5. The van der Waals surface area contributed by atoms with Crippen LogP contribution in [0.3, 0.4) is 0 Å². The topological polar surface area (TPSA) is 83.1 Å². The molecule has 1 aromatic heterocycles. The van der Waals surface area contributed by atoms with Crippen LogP contribution in [0.5, 0.6) is 11.5 Å². The quantitative estimate of drug-likeness (QED) is 0.773. The highest BCUT2D eigenvalue weighted by Crippen LogP contribution is 2.39. The second-order valence-corrected chi connectivity index (χ2v) is 7.43. The molecule has 0 atom stereocenters. The maximum atomic E-state index is 12.9. The summed E-state index contributed by atoms with van der Waals surface area (Å²) < 4.78 is 10.7. The molecule has 1 fully saturated rings. The molecule has 2 aromatic rings. The molecule has 0 spiro atoms. The number of methoxy groups -OCH3 is 2. The van der Waals surface area contributed by atoms with E-state index in [1.165, 1.54) is 0 Å². The van der Waals surface area contributed by atoms with Crippen LogP contribution < -0.4 is 24.7 Å². The average Bonchev–Trinajstić information content (AvgIpc) is 3.30. The van der Waals surface area contributed by atoms with E-state index in [2.05, 4.69) is 15.3 Å². The highest BCUT2D eigenvalue weighted by Gasteiger charge is 2.39. The first-order valence-electron chi connectivity index (χ1n) is 10.3. The number of carbonyl (C=O) groups excluding carboxylic acids is 1. The summed E-state index contributed by atoms with van der Waals surface area (Å²) in [6, 6.07) is 5.72. The van der Waals surface area contributed by atoms with Crippen LogP contribution in [0.1, 0.15) is 32.6 Å². The molecular formula is C21H28N6O3. The largest absolute Gasteiger partial charge is 0.497 e. The lowest BCUT2D eigenvalue weighted by atomic mass is 10.2. The van der Waals surface area contributed by atoms with Gasteiger partial charge in [-0.05, 0) is 31.9 Å². The van der Waals surface area contributed by atoms with Gasteiger partial charge in [0.05, 0.1) is 32.1 Å². The fraction of sp³-hybridized carbons (Fsp3) is 0.476. The number of hydrogen-bond acceptors (Lipinski definition) is 7. The van der Waals surface area contributed by atoms with Crippen molar-refractivity contribution in [3.8, 4) is 11.5 Å². The minimum Gasteiger partial charge on any atom is -0.497 e. The van der Waals surface area contributed by atoms with Crippen molar-refractivity contribution in [1.29, 1.82) is 0 Å². The fourth-order valence-corrected chi connectivity index (χ4v) is 4.14. The van der Waals surface area contributed by atoms with E-state index in [-0.39, 0.29) is 12.1 Å². The zero-order chi connectivity index (χ0) is 21.3. The molecule has 2 aliphatic rings. The third-order valence-electron chi connectivity index (χ3n) is 5.72. The monoisotopic (exact) mass is 412 g/mol. The molecule has 0 bridgehead atoms. The molecule has 160 valence electrons. The van der Waals surface area contributed by atoms with Gasteiger partial charge in [0, 0.05) is 19.7 Å². The Balaban J connectivity index is 1.72. The molecule has 1 N–H and O–H groups in total. The van der Waals surface area contributed by atoms with Crippen molar-refractivity contribution in [3.63, 3.8) is 0 Å². The lowest BCUT2D eigenvalue weighted by Gasteiger charge is -2.45. The Morgan fingerprint density at radius 1 is 1.20 bits per heavy atom. The number of anilines is 4. The van der Waals surface area contributed by atoms with Gasteiger partial charge >= 0.3 is 6.03 Å². The van der Waals surface area contributed by atoms with Crippen LogP contribution in [0.25, 0.3) is 0 Å². The molecule has 1 aromatic carbocycles. The second kappa shape index (κ2) is 8.25. The predicted octanol–water partition coefficient (Wildman–Crippen LogP) is 3.79. The number of carbonyl (C=O) groups is 1. The molecule has 0 unspecified atom stereocenters. The zero-order valence-electron chi connectivity index (χ0n) is 17.9. The van der Waals surface area contributed by atoms with Crippen molar-refractivity contribution >= 4 is 29.2 Å². The molecular weight excluding hydrogens is 384 g/mol. The summed E-state index contributed by atoms with van der Waals surface area (Å²) in [5.41, 5.74) is 1.45. The lowest BCUT2D eigenvalue weighted by molar-refractivity contribution is 0.191. The molecule has 2 amide bonds. The summed E-state index contributed by atoms with van der Waals surface area (Å²) in [6.45, 7) is 2.57.